The molecule has 0 aromatic carbocycles. The van der Waals surface area contributed by atoms with Crippen LogP contribution in [0.25, 0.3) is 0 Å². The summed E-state index contributed by atoms with van der Waals surface area (Å²) in [6, 6.07) is 0.514. The maximum Gasteiger partial charge on any atom is 0.0630 e. The lowest BCUT2D eigenvalue weighted by Crippen LogP contribution is -2.54. The summed E-state index contributed by atoms with van der Waals surface area (Å²) in [5.74, 6) is 1.48. The summed E-state index contributed by atoms with van der Waals surface area (Å²) in [5, 5.41) is 3.58. The summed E-state index contributed by atoms with van der Waals surface area (Å²) in [6.07, 6.45) is 0. The van der Waals surface area contributed by atoms with Gasteiger partial charge in [-0.1, -0.05) is 27.7 Å². The summed E-state index contributed by atoms with van der Waals surface area (Å²) in [4.78, 5) is 5.18. The molecule has 0 spiro atoms. The molecular weight excluding hydrogens is 250 g/mol. The SMILES string of the molecule is COCC(CNCC(C)C)N1CCN(CC(C)C)CC1. The van der Waals surface area contributed by atoms with Gasteiger partial charge in [0.1, 0.15) is 0 Å². The smallest absolute Gasteiger partial charge is 0.0630 e. The molecule has 0 amide bonds. The summed E-state index contributed by atoms with van der Waals surface area (Å²) in [6.45, 7) is 18.0. The Morgan fingerprint density at radius 3 is 2.10 bits per heavy atom. The molecule has 1 heterocycles. The van der Waals surface area contributed by atoms with Gasteiger partial charge in [-0.25, -0.2) is 0 Å². The molecule has 4 heteroatoms. The Labute approximate surface area is 125 Å². The molecule has 0 aliphatic carbocycles. The van der Waals surface area contributed by atoms with E-state index < -0.39 is 0 Å². The van der Waals surface area contributed by atoms with Gasteiger partial charge in [0.2, 0.25) is 0 Å². The minimum Gasteiger partial charge on any atom is -0.383 e. The third-order valence-electron chi connectivity index (χ3n) is 3.84. The zero-order valence-corrected chi connectivity index (χ0v) is 14.2. The van der Waals surface area contributed by atoms with E-state index in [1.807, 2.05) is 7.11 Å². The molecule has 1 aliphatic heterocycles. The Balaban J connectivity index is 2.33. The van der Waals surface area contributed by atoms with Crippen LogP contribution in [0.1, 0.15) is 27.7 Å². The molecular formula is C16H35N3O. The van der Waals surface area contributed by atoms with Crippen LogP contribution in [0.2, 0.25) is 0 Å². The van der Waals surface area contributed by atoms with Crippen molar-refractivity contribution in [3.05, 3.63) is 0 Å². The summed E-state index contributed by atoms with van der Waals surface area (Å²) in [7, 11) is 1.81. The fourth-order valence-electron chi connectivity index (χ4n) is 2.85. The summed E-state index contributed by atoms with van der Waals surface area (Å²) < 4.78 is 5.41. The predicted molar refractivity (Wildman–Crippen MR) is 86.2 cm³/mol. The van der Waals surface area contributed by atoms with E-state index in [0.717, 1.165) is 25.6 Å². The van der Waals surface area contributed by atoms with Gasteiger partial charge in [-0.15, -0.1) is 0 Å². The second kappa shape index (κ2) is 9.72. The van der Waals surface area contributed by atoms with Crippen molar-refractivity contribution >= 4 is 0 Å². The molecule has 0 aromatic heterocycles. The van der Waals surface area contributed by atoms with Crippen molar-refractivity contribution in [2.75, 3.05) is 59.5 Å². The van der Waals surface area contributed by atoms with Gasteiger partial charge in [0.15, 0.2) is 0 Å². The fourth-order valence-corrected chi connectivity index (χ4v) is 2.85. The van der Waals surface area contributed by atoms with Crippen molar-refractivity contribution < 1.29 is 4.74 Å². The fraction of sp³-hybridized carbons (Fsp3) is 1.00. The Morgan fingerprint density at radius 2 is 1.60 bits per heavy atom. The van der Waals surface area contributed by atoms with E-state index >= 15 is 0 Å². The van der Waals surface area contributed by atoms with Crippen LogP contribution in [0.15, 0.2) is 0 Å². The highest BCUT2D eigenvalue weighted by atomic mass is 16.5. The first-order valence-corrected chi connectivity index (χ1v) is 8.19. The average molecular weight is 285 g/mol. The van der Waals surface area contributed by atoms with Crippen LogP contribution in [0.4, 0.5) is 0 Å². The van der Waals surface area contributed by atoms with Crippen molar-refractivity contribution in [3.8, 4) is 0 Å². The Morgan fingerprint density at radius 1 is 0.950 bits per heavy atom. The number of piperazine rings is 1. The van der Waals surface area contributed by atoms with Gasteiger partial charge < -0.3 is 15.0 Å². The molecule has 0 radical (unpaired) electrons. The zero-order valence-electron chi connectivity index (χ0n) is 14.2. The first kappa shape index (κ1) is 17.9. The topological polar surface area (TPSA) is 27.7 Å². The van der Waals surface area contributed by atoms with Gasteiger partial charge in [-0.3, -0.25) is 4.90 Å². The van der Waals surface area contributed by atoms with E-state index in [9.17, 15) is 0 Å². The number of methoxy groups -OCH3 is 1. The van der Waals surface area contributed by atoms with Crippen LogP contribution in [0.3, 0.4) is 0 Å². The summed E-state index contributed by atoms with van der Waals surface area (Å²) >= 11 is 0. The molecule has 120 valence electrons. The van der Waals surface area contributed by atoms with Crippen molar-refractivity contribution in [1.82, 2.24) is 15.1 Å². The van der Waals surface area contributed by atoms with Crippen molar-refractivity contribution in [1.29, 1.82) is 0 Å². The molecule has 0 bridgehead atoms. The highest BCUT2D eigenvalue weighted by molar-refractivity contribution is 4.80. The number of nitrogens with zero attached hydrogens (tertiary/aromatic N) is 2. The van der Waals surface area contributed by atoms with Crippen LogP contribution in [0.5, 0.6) is 0 Å². The molecule has 0 aromatic rings. The molecule has 1 N–H and O–H groups in total. The second-order valence-electron chi connectivity index (χ2n) is 6.89. The standard InChI is InChI=1S/C16H35N3O/c1-14(2)10-17-11-16(13-20-5)19-8-6-18(7-9-19)12-15(3)4/h14-17H,6-13H2,1-5H3. The highest BCUT2D eigenvalue weighted by Crippen LogP contribution is 2.09. The van der Waals surface area contributed by atoms with Crippen molar-refractivity contribution in [3.63, 3.8) is 0 Å². The van der Waals surface area contributed by atoms with E-state index in [1.54, 1.807) is 0 Å². The highest BCUT2D eigenvalue weighted by Gasteiger charge is 2.23. The third kappa shape index (κ3) is 7.02. The van der Waals surface area contributed by atoms with Gasteiger partial charge in [0.25, 0.3) is 0 Å². The van der Waals surface area contributed by atoms with Crippen LogP contribution in [-0.2, 0) is 4.74 Å². The first-order valence-electron chi connectivity index (χ1n) is 8.19. The lowest BCUT2D eigenvalue weighted by atomic mass is 10.1. The molecule has 1 unspecified atom stereocenters. The number of rotatable bonds is 9. The zero-order chi connectivity index (χ0) is 15.0. The van der Waals surface area contributed by atoms with E-state index in [-0.39, 0.29) is 0 Å². The van der Waals surface area contributed by atoms with Gasteiger partial charge in [-0.2, -0.15) is 0 Å². The minimum atomic E-state index is 0.514. The van der Waals surface area contributed by atoms with Gasteiger partial charge in [0, 0.05) is 52.4 Å². The largest absolute Gasteiger partial charge is 0.383 e. The first-order chi connectivity index (χ1) is 9.52. The minimum absolute atomic E-state index is 0.514. The van der Waals surface area contributed by atoms with Crippen LogP contribution >= 0.6 is 0 Å². The maximum absolute atomic E-state index is 5.41. The molecule has 1 rings (SSSR count). The lowest BCUT2D eigenvalue weighted by Gasteiger charge is -2.39. The quantitative estimate of drug-likeness (QED) is 0.695. The molecule has 1 aliphatic rings. The van der Waals surface area contributed by atoms with E-state index in [1.165, 1.54) is 32.7 Å². The van der Waals surface area contributed by atoms with Crippen LogP contribution < -0.4 is 5.32 Å². The molecule has 1 atom stereocenters. The Bertz CT molecular complexity index is 238. The molecule has 1 fully saturated rings. The molecule has 1 saturated heterocycles. The maximum atomic E-state index is 5.41. The van der Waals surface area contributed by atoms with Gasteiger partial charge in [-0.05, 0) is 18.4 Å². The van der Waals surface area contributed by atoms with E-state index in [2.05, 4.69) is 42.8 Å². The number of hydrogen-bond donors (Lipinski definition) is 1. The molecule has 0 saturated carbocycles. The van der Waals surface area contributed by atoms with Gasteiger partial charge >= 0.3 is 0 Å². The molecule has 4 nitrogen and oxygen atoms in total. The van der Waals surface area contributed by atoms with Crippen LogP contribution in [0, 0.1) is 11.8 Å². The monoisotopic (exact) mass is 285 g/mol. The summed E-state index contributed by atoms with van der Waals surface area (Å²) in [5.41, 5.74) is 0. The Kier molecular flexibility index (Phi) is 8.69. The number of nitrogens with one attached hydrogen (secondary N) is 1. The lowest BCUT2D eigenvalue weighted by molar-refractivity contribution is 0.0461. The van der Waals surface area contributed by atoms with E-state index in [0.29, 0.717) is 12.0 Å². The van der Waals surface area contributed by atoms with Crippen molar-refractivity contribution in [2.24, 2.45) is 11.8 Å². The molecule has 20 heavy (non-hydrogen) atoms. The third-order valence-corrected chi connectivity index (χ3v) is 3.84. The van der Waals surface area contributed by atoms with Crippen molar-refractivity contribution in [2.45, 2.75) is 33.7 Å². The average Bonchev–Trinajstić information content (AvgIpc) is 2.37. The normalized spacial score (nSPS) is 19.9. The Hall–Kier alpha value is -0.160. The number of hydrogen-bond acceptors (Lipinski definition) is 4. The van der Waals surface area contributed by atoms with Gasteiger partial charge in [0.05, 0.1) is 6.61 Å². The predicted octanol–water partition coefficient (Wildman–Crippen LogP) is 1.52. The second-order valence-corrected chi connectivity index (χ2v) is 6.89. The number of ether oxygens (including phenoxy) is 1. The van der Waals surface area contributed by atoms with Crippen LogP contribution in [-0.4, -0.2) is 75.4 Å². The van der Waals surface area contributed by atoms with E-state index in [4.69, 9.17) is 4.74 Å².